The number of nitrogens with zero attached hydrogens (tertiary/aromatic N) is 3. The molecule has 0 saturated heterocycles. The summed E-state index contributed by atoms with van der Waals surface area (Å²) < 4.78 is 0. The van der Waals surface area contributed by atoms with E-state index < -0.39 is 0 Å². The molecule has 0 aromatic rings. The topological polar surface area (TPSA) is 107 Å². The van der Waals surface area contributed by atoms with Crippen LogP contribution in [0.4, 0.5) is 0 Å². The zero-order chi connectivity index (χ0) is 12.1. The third-order valence-corrected chi connectivity index (χ3v) is 1.76. The minimum Gasteiger partial charge on any atom is -0.289 e. The van der Waals surface area contributed by atoms with Gasteiger partial charge in [-0.3, -0.25) is 16.0 Å². The molecule has 0 aliphatic carbocycles. The highest BCUT2D eigenvalue weighted by molar-refractivity contribution is 4.76. The monoisotopic (exact) mass is 220 g/mol. The molecule has 0 atom stereocenters. The smallest absolute Gasteiger partial charge is 0.112 e. The lowest BCUT2D eigenvalue weighted by atomic mass is 10.4. The Balaban J connectivity index is 3.73. The summed E-state index contributed by atoms with van der Waals surface area (Å²) in [6, 6.07) is 6.10. The second-order valence-electron chi connectivity index (χ2n) is 3.02. The van der Waals surface area contributed by atoms with Crippen LogP contribution in [0.5, 0.6) is 0 Å². The van der Waals surface area contributed by atoms with E-state index in [1.807, 2.05) is 18.2 Å². The molecule has 0 aliphatic heterocycles. The van der Waals surface area contributed by atoms with Crippen molar-refractivity contribution < 1.29 is 0 Å². The van der Waals surface area contributed by atoms with Crippen molar-refractivity contribution in [2.45, 2.75) is 25.6 Å². The Bertz CT molecular complexity index is 234. The summed E-state index contributed by atoms with van der Waals surface area (Å²) in [5, 5.41) is 34.4. The van der Waals surface area contributed by atoms with Crippen LogP contribution in [0.1, 0.15) is 19.3 Å². The maximum atomic E-state index is 8.39. The van der Waals surface area contributed by atoms with E-state index in [4.69, 9.17) is 15.8 Å². The third-order valence-electron chi connectivity index (χ3n) is 1.76. The molecule has 0 amide bonds. The maximum absolute atomic E-state index is 8.39. The fraction of sp³-hybridized carbons (Fsp3) is 0.700. The van der Waals surface area contributed by atoms with Crippen LogP contribution in [0.15, 0.2) is 0 Å². The molecule has 16 heavy (non-hydrogen) atoms. The van der Waals surface area contributed by atoms with E-state index in [-0.39, 0.29) is 6.29 Å². The van der Waals surface area contributed by atoms with Crippen molar-refractivity contribution in [3.8, 4) is 18.2 Å². The number of rotatable bonds is 9. The Labute approximate surface area is 95.9 Å². The number of hydrogen-bond donors (Lipinski definition) is 3. The normalized spacial score (nSPS) is 9.38. The molecular weight excluding hydrogens is 204 g/mol. The van der Waals surface area contributed by atoms with Gasteiger partial charge in [0.15, 0.2) is 0 Å². The molecule has 0 aromatic carbocycles. The summed E-state index contributed by atoms with van der Waals surface area (Å²) in [7, 11) is 0. The SMILES string of the molecule is N#CCCNC(NCCC#N)NCCC#N. The molecule has 0 rings (SSSR count). The van der Waals surface area contributed by atoms with Crippen LogP contribution in [0.25, 0.3) is 0 Å². The first kappa shape index (κ1) is 14.3. The van der Waals surface area contributed by atoms with Crippen LogP contribution < -0.4 is 16.0 Å². The lowest BCUT2D eigenvalue weighted by Gasteiger charge is -2.20. The Kier molecular flexibility index (Phi) is 10.2. The predicted molar refractivity (Wildman–Crippen MR) is 58.5 cm³/mol. The molecular formula is C10H16N6. The lowest BCUT2D eigenvalue weighted by molar-refractivity contribution is 0.365. The van der Waals surface area contributed by atoms with Gasteiger partial charge in [0.25, 0.3) is 0 Å². The van der Waals surface area contributed by atoms with Crippen molar-refractivity contribution in [2.24, 2.45) is 0 Å². The minimum atomic E-state index is -0.157. The van der Waals surface area contributed by atoms with E-state index in [9.17, 15) is 0 Å². The largest absolute Gasteiger partial charge is 0.289 e. The number of hydrogen-bond acceptors (Lipinski definition) is 6. The van der Waals surface area contributed by atoms with E-state index >= 15 is 0 Å². The summed E-state index contributed by atoms with van der Waals surface area (Å²) in [4.78, 5) is 0. The molecule has 0 unspecified atom stereocenters. The Morgan fingerprint density at radius 2 is 1.00 bits per heavy atom. The van der Waals surface area contributed by atoms with Gasteiger partial charge in [0.05, 0.1) is 18.2 Å². The zero-order valence-electron chi connectivity index (χ0n) is 9.16. The molecule has 0 saturated carbocycles. The van der Waals surface area contributed by atoms with Crippen LogP contribution in [-0.2, 0) is 0 Å². The molecule has 0 heterocycles. The van der Waals surface area contributed by atoms with E-state index in [0.29, 0.717) is 38.9 Å². The standard InChI is InChI=1S/C10H16N6/c11-4-1-7-14-10(15-8-2-5-12)16-9-3-6-13/h10,14-16H,1-3,7-9H2. The van der Waals surface area contributed by atoms with Crippen molar-refractivity contribution in [1.82, 2.24) is 16.0 Å². The molecule has 0 aliphatic rings. The van der Waals surface area contributed by atoms with Gasteiger partial charge in [-0.1, -0.05) is 0 Å². The Morgan fingerprint density at radius 3 is 1.25 bits per heavy atom. The molecule has 0 fully saturated rings. The first-order chi connectivity index (χ1) is 7.85. The fourth-order valence-electron chi connectivity index (χ4n) is 1.03. The molecule has 3 N–H and O–H groups in total. The molecule has 0 bridgehead atoms. The average molecular weight is 220 g/mol. The van der Waals surface area contributed by atoms with Gasteiger partial charge in [0, 0.05) is 38.9 Å². The van der Waals surface area contributed by atoms with E-state index in [0.717, 1.165) is 0 Å². The summed E-state index contributed by atoms with van der Waals surface area (Å²) in [5.74, 6) is 0. The minimum absolute atomic E-state index is 0.157. The summed E-state index contributed by atoms with van der Waals surface area (Å²) >= 11 is 0. The highest BCUT2D eigenvalue weighted by Crippen LogP contribution is 1.80. The summed E-state index contributed by atoms with van der Waals surface area (Å²) in [5.41, 5.74) is 0. The van der Waals surface area contributed by atoms with Gasteiger partial charge in [-0.25, -0.2) is 0 Å². The summed E-state index contributed by atoms with van der Waals surface area (Å²) in [6.07, 6.45) is 1.12. The van der Waals surface area contributed by atoms with Gasteiger partial charge in [-0.15, -0.1) is 0 Å². The second kappa shape index (κ2) is 11.4. The van der Waals surface area contributed by atoms with Crippen LogP contribution in [0, 0.1) is 34.0 Å². The number of nitrogens with one attached hydrogen (secondary N) is 3. The maximum Gasteiger partial charge on any atom is 0.112 e. The van der Waals surface area contributed by atoms with Crippen molar-refractivity contribution in [3.63, 3.8) is 0 Å². The molecule has 0 radical (unpaired) electrons. The molecule has 0 aromatic heterocycles. The molecule has 0 spiro atoms. The fourth-order valence-corrected chi connectivity index (χ4v) is 1.03. The summed E-state index contributed by atoms with van der Waals surface area (Å²) in [6.45, 7) is 1.71. The molecule has 6 nitrogen and oxygen atoms in total. The van der Waals surface area contributed by atoms with Gasteiger partial charge in [-0.05, 0) is 0 Å². The number of nitriles is 3. The zero-order valence-corrected chi connectivity index (χ0v) is 9.16. The third kappa shape index (κ3) is 8.93. The van der Waals surface area contributed by atoms with Crippen molar-refractivity contribution in [3.05, 3.63) is 0 Å². The highest BCUT2D eigenvalue weighted by atomic mass is 15.3. The van der Waals surface area contributed by atoms with E-state index in [1.165, 1.54) is 0 Å². The van der Waals surface area contributed by atoms with Gasteiger partial charge in [0.2, 0.25) is 0 Å². The molecule has 86 valence electrons. The molecule has 6 heteroatoms. The van der Waals surface area contributed by atoms with Crippen molar-refractivity contribution >= 4 is 0 Å². The predicted octanol–water partition coefficient (Wildman–Crippen LogP) is -0.220. The van der Waals surface area contributed by atoms with Crippen LogP contribution in [-0.4, -0.2) is 25.9 Å². The lowest BCUT2D eigenvalue weighted by Crippen LogP contribution is -2.53. The van der Waals surface area contributed by atoms with Crippen molar-refractivity contribution in [2.75, 3.05) is 19.6 Å². The van der Waals surface area contributed by atoms with Crippen LogP contribution in [0.2, 0.25) is 0 Å². The van der Waals surface area contributed by atoms with Crippen molar-refractivity contribution in [1.29, 1.82) is 15.8 Å². The van der Waals surface area contributed by atoms with Crippen LogP contribution >= 0.6 is 0 Å². The average Bonchev–Trinajstić information content (AvgIpc) is 2.29. The van der Waals surface area contributed by atoms with E-state index in [1.54, 1.807) is 0 Å². The second-order valence-corrected chi connectivity index (χ2v) is 3.02. The van der Waals surface area contributed by atoms with E-state index in [2.05, 4.69) is 16.0 Å². The van der Waals surface area contributed by atoms with Gasteiger partial charge in [-0.2, -0.15) is 15.8 Å². The quantitative estimate of drug-likeness (QED) is 0.366. The van der Waals surface area contributed by atoms with Crippen LogP contribution in [0.3, 0.4) is 0 Å². The highest BCUT2D eigenvalue weighted by Gasteiger charge is 2.04. The first-order valence-electron chi connectivity index (χ1n) is 5.16. The van der Waals surface area contributed by atoms with Gasteiger partial charge >= 0.3 is 0 Å². The first-order valence-corrected chi connectivity index (χ1v) is 5.16. The Hall–Kier alpha value is -1.65. The van der Waals surface area contributed by atoms with Gasteiger partial charge in [0.1, 0.15) is 6.29 Å². The van der Waals surface area contributed by atoms with Gasteiger partial charge < -0.3 is 0 Å². The Morgan fingerprint density at radius 1 is 0.688 bits per heavy atom.